The second kappa shape index (κ2) is 7.96. The first-order chi connectivity index (χ1) is 13.1. The van der Waals surface area contributed by atoms with Gasteiger partial charge < -0.3 is 0 Å². The van der Waals surface area contributed by atoms with E-state index in [0.29, 0.717) is 15.7 Å². The fourth-order valence-electron chi connectivity index (χ4n) is 2.53. The van der Waals surface area contributed by atoms with Gasteiger partial charge in [-0.2, -0.15) is 0 Å². The van der Waals surface area contributed by atoms with E-state index in [4.69, 9.17) is 23.2 Å². The third kappa shape index (κ3) is 4.16. The minimum Gasteiger partial charge on any atom is -0.287 e. The van der Waals surface area contributed by atoms with Crippen LogP contribution in [0.4, 0.5) is 5.13 Å². The van der Waals surface area contributed by atoms with Crippen molar-refractivity contribution in [1.82, 2.24) is 9.71 Å². The van der Waals surface area contributed by atoms with Gasteiger partial charge in [-0.3, -0.25) is 9.69 Å². The number of thiazole rings is 1. The van der Waals surface area contributed by atoms with E-state index in [1.807, 2.05) is 6.07 Å². The van der Waals surface area contributed by atoms with Crippen LogP contribution in [0.2, 0.25) is 10.0 Å². The number of fused-ring (bicyclic) bond motifs is 1. The molecule has 6 nitrogen and oxygen atoms in total. The number of aromatic nitrogens is 1. The average Bonchev–Trinajstić information content (AvgIpc) is 3.05. The number of para-hydroxylation sites is 1. The van der Waals surface area contributed by atoms with Gasteiger partial charge >= 0.3 is 0 Å². The summed E-state index contributed by atoms with van der Waals surface area (Å²) in [6, 6.07) is 9.14. The third-order valence-electron chi connectivity index (χ3n) is 3.82. The topological polar surface area (TPSA) is 79.4 Å². The van der Waals surface area contributed by atoms with Crippen LogP contribution in [0.15, 0.2) is 41.3 Å². The zero-order valence-electron chi connectivity index (χ0n) is 15.2. The molecule has 0 saturated heterocycles. The van der Waals surface area contributed by atoms with Crippen molar-refractivity contribution in [2.75, 3.05) is 11.9 Å². The molecule has 3 aromatic rings. The van der Waals surface area contributed by atoms with Crippen LogP contribution in [0.3, 0.4) is 0 Å². The molecular weight excluding hydrogens is 441 g/mol. The van der Waals surface area contributed by atoms with E-state index in [2.05, 4.69) is 9.71 Å². The number of hydrogen-bond acceptors (Lipinski definition) is 5. The molecule has 0 spiro atoms. The van der Waals surface area contributed by atoms with Crippen LogP contribution >= 0.6 is 34.5 Å². The SMILES string of the molecule is CC(C)NS(=O)(=O)c1ccc(Cl)c(C(=O)N(C)c2nc3c(Cl)cccc3s2)c1. The van der Waals surface area contributed by atoms with Crippen molar-refractivity contribution >= 4 is 65.8 Å². The molecule has 3 rings (SSSR count). The number of rotatable bonds is 5. The van der Waals surface area contributed by atoms with Gasteiger partial charge in [-0.15, -0.1) is 0 Å². The summed E-state index contributed by atoms with van der Waals surface area (Å²) in [4.78, 5) is 18.7. The van der Waals surface area contributed by atoms with Gasteiger partial charge in [-0.05, 0) is 44.2 Å². The van der Waals surface area contributed by atoms with Gasteiger partial charge in [-0.25, -0.2) is 18.1 Å². The molecule has 0 unspecified atom stereocenters. The number of hydrogen-bond donors (Lipinski definition) is 1. The molecule has 1 amide bonds. The molecule has 0 atom stereocenters. The number of nitrogens with one attached hydrogen (secondary N) is 1. The highest BCUT2D eigenvalue weighted by Crippen LogP contribution is 2.33. The van der Waals surface area contributed by atoms with Crippen molar-refractivity contribution in [2.24, 2.45) is 0 Å². The molecule has 28 heavy (non-hydrogen) atoms. The van der Waals surface area contributed by atoms with E-state index in [-0.39, 0.29) is 21.5 Å². The number of halogens is 2. The second-order valence-corrected chi connectivity index (χ2v) is 9.90. The van der Waals surface area contributed by atoms with Gasteiger partial charge in [0, 0.05) is 13.1 Å². The van der Waals surface area contributed by atoms with E-state index in [0.717, 1.165) is 4.70 Å². The molecule has 0 fully saturated rings. The Bertz CT molecular complexity index is 1160. The maximum Gasteiger partial charge on any atom is 0.261 e. The highest BCUT2D eigenvalue weighted by Gasteiger charge is 2.23. The summed E-state index contributed by atoms with van der Waals surface area (Å²) >= 11 is 13.6. The van der Waals surface area contributed by atoms with Crippen molar-refractivity contribution < 1.29 is 13.2 Å². The molecule has 0 aliphatic heterocycles. The zero-order valence-corrected chi connectivity index (χ0v) is 18.4. The number of amides is 1. The molecule has 1 heterocycles. The Morgan fingerprint density at radius 1 is 1.18 bits per heavy atom. The normalized spacial score (nSPS) is 11.9. The van der Waals surface area contributed by atoms with E-state index >= 15 is 0 Å². The first-order valence-corrected chi connectivity index (χ1v) is 11.3. The van der Waals surface area contributed by atoms with Crippen molar-refractivity contribution in [1.29, 1.82) is 0 Å². The van der Waals surface area contributed by atoms with Crippen LogP contribution in [-0.2, 0) is 10.0 Å². The monoisotopic (exact) mass is 457 g/mol. The van der Waals surface area contributed by atoms with Crippen molar-refractivity contribution in [3.05, 3.63) is 52.0 Å². The maximum absolute atomic E-state index is 13.0. The van der Waals surface area contributed by atoms with Gasteiger partial charge in [0.15, 0.2) is 5.13 Å². The van der Waals surface area contributed by atoms with Crippen molar-refractivity contribution in [3.63, 3.8) is 0 Å². The van der Waals surface area contributed by atoms with Crippen LogP contribution in [0.1, 0.15) is 24.2 Å². The molecule has 148 valence electrons. The minimum atomic E-state index is -3.76. The Labute approximate surface area is 177 Å². The Balaban J connectivity index is 1.99. The highest BCUT2D eigenvalue weighted by molar-refractivity contribution is 7.89. The highest BCUT2D eigenvalue weighted by atomic mass is 35.5. The van der Waals surface area contributed by atoms with Crippen molar-refractivity contribution in [3.8, 4) is 0 Å². The molecule has 10 heteroatoms. The lowest BCUT2D eigenvalue weighted by Gasteiger charge is -2.16. The summed E-state index contributed by atoms with van der Waals surface area (Å²) in [6.45, 7) is 3.43. The lowest BCUT2D eigenvalue weighted by Crippen LogP contribution is -2.31. The van der Waals surface area contributed by atoms with E-state index < -0.39 is 15.9 Å². The molecule has 0 aliphatic rings. The van der Waals surface area contributed by atoms with Gasteiger partial charge in [0.1, 0.15) is 5.52 Å². The van der Waals surface area contributed by atoms with Gasteiger partial charge in [0.2, 0.25) is 10.0 Å². The molecule has 0 bridgehead atoms. The number of carbonyl (C=O) groups excluding carboxylic acids is 1. The Kier molecular flexibility index (Phi) is 5.97. The molecule has 0 radical (unpaired) electrons. The number of anilines is 1. The van der Waals surface area contributed by atoms with Crippen molar-refractivity contribution in [2.45, 2.75) is 24.8 Å². The van der Waals surface area contributed by atoms with Crippen LogP contribution in [0.5, 0.6) is 0 Å². The fourth-order valence-corrected chi connectivity index (χ4v) is 5.23. The number of sulfonamides is 1. The van der Waals surface area contributed by atoms with Gasteiger partial charge in [0.05, 0.1) is 25.2 Å². The Hall–Kier alpha value is -1.71. The quantitative estimate of drug-likeness (QED) is 0.608. The lowest BCUT2D eigenvalue weighted by atomic mass is 10.2. The summed E-state index contributed by atoms with van der Waals surface area (Å²) < 4.78 is 28.2. The predicted molar refractivity (Wildman–Crippen MR) is 114 cm³/mol. The minimum absolute atomic E-state index is 0.0327. The first-order valence-electron chi connectivity index (χ1n) is 8.25. The number of benzene rings is 2. The summed E-state index contributed by atoms with van der Waals surface area (Å²) in [5.74, 6) is -0.471. The molecule has 1 N–H and O–H groups in total. The summed E-state index contributed by atoms with van der Waals surface area (Å²) in [7, 11) is -2.21. The zero-order chi connectivity index (χ0) is 20.6. The average molecular weight is 458 g/mol. The fraction of sp³-hybridized carbons (Fsp3) is 0.222. The summed E-state index contributed by atoms with van der Waals surface area (Å²) in [5.41, 5.74) is 0.675. The van der Waals surface area contributed by atoms with Crippen LogP contribution in [0.25, 0.3) is 10.2 Å². The smallest absolute Gasteiger partial charge is 0.261 e. The first kappa shape index (κ1) is 21.0. The Morgan fingerprint density at radius 2 is 1.89 bits per heavy atom. The largest absolute Gasteiger partial charge is 0.287 e. The van der Waals surface area contributed by atoms with Crippen LogP contribution < -0.4 is 9.62 Å². The van der Waals surface area contributed by atoms with E-state index in [1.54, 1.807) is 33.0 Å². The number of nitrogens with zero attached hydrogens (tertiary/aromatic N) is 2. The second-order valence-electron chi connectivity index (χ2n) is 6.36. The molecular formula is C18H17Cl2N3O3S2. The summed E-state index contributed by atoms with van der Waals surface area (Å²) in [5, 5.41) is 1.07. The van der Waals surface area contributed by atoms with E-state index in [9.17, 15) is 13.2 Å². The molecule has 0 saturated carbocycles. The van der Waals surface area contributed by atoms with Crippen LogP contribution in [-0.4, -0.2) is 32.4 Å². The number of carbonyl (C=O) groups is 1. The van der Waals surface area contributed by atoms with Gasteiger partial charge in [0.25, 0.3) is 5.91 Å². The predicted octanol–water partition coefficient (Wildman–Crippen LogP) is 4.57. The third-order valence-corrected chi connectivity index (χ3v) is 7.21. The molecule has 0 aliphatic carbocycles. The summed E-state index contributed by atoms with van der Waals surface area (Å²) in [6.07, 6.45) is 0. The van der Waals surface area contributed by atoms with Gasteiger partial charge in [-0.1, -0.05) is 40.6 Å². The standard InChI is InChI=1S/C18H17Cl2N3O3S2/c1-10(2)22-28(25,26)11-7-8-13(19)12(9-11)17(24)23(3)18-21-16-14(20)5-4-6-15(16)27-18/h4-10,22H,1-3H3. The van der Waals surface area contributed by atoms with Crippen LogP contribution in [0, 0.1) is 0 Å². The lowest BCUT2D eigenvalue weighted by molar-refractivity contribution is 0.0993. The molecule has 1 aromatic heterocycles. The molecule has 2 aromatic carbocycles. The Morgan fingerprint density at radius 3 is 2.54 bits per heavy atom. The maximum atomic E-state index is 13.0. The van der Waals surface area contributed by atoms with E-state index in [1.165, 1.54) is 34.4 Å².